The smallest absolute Gasteiger partial charge is 0.437 e. The molecule has 2 atom stereocenters. The summed E-state index contributed by atoms with van der Waals surface area (Å²) in [6.07, 6.45) is -1.68. The number of carbonyl (C=O) groups excluding carboxylic acids is 2. The Morgan fingerprint density at radius 3 is 2.25 bits per heavy atom. The Kier molecular flexibility index (Phi) is 8.87. The number of hydrogen-bond donors (Lipinski definition) is 1. The molecule has 2 rings (SSSR count). The zero-order chi connectivity index (χ0) is 24.1. The molecule has 1 aromatic rings. The third-order valence-electron chi connectivity index (χ3n) is 4.40. The van der Waals surface area contributed by atoms with Gasteiger partial charge in [-0.15, -0.1) is 0 Å². The molecule has 0 bridgehead atoms. The number of nitrogens with zero attached hydrogens (tertiary/aromatic N) is 2. The van der Waals surface area contributed by atoms with E-state index in [1.807, 2.05) is 6.07 Å². The number of rotatable bonds is 5. The van der Waals surface area contributed by atoms with Gasteiger partial charge in [0.25, 0.3) is 0 Å². The number of likely N-dealkylation sites (tertiary alicyclic amines) is 1. The predicted molar refractivity (Wildman–Crippen MR) is 117 cm³/mol. The molecule has 2 amide bonds. The SMILES string of the molecule is CC(C)(C)OC(=O)N1C[C@H](N(OCc2ccccc2)C(=O)OC(Cl)(Cl)Cl)CC[C@H]1C(=O)O. The second-order valence-electron chi connectivity index (χ2n) is 8.12. The molecule has 0 unspecified atom stereocenters. The fourth-order valence-electron chi connectivity index (χ4n) is 3.09. The van der Waals surface area contributed by atoms with Gasteiger partial charge in [-0.1, -0.05) is 30.3 Å². The average molecular weight is 512 g/mol. The van der Waals surface area contributed by atoms with Crippen molar-refractivity contribution in [3.8, 4) is 0 Å². The number of hydroxylamine groups is 2. The van der Waals surface area contributed by atoms with Crippen molar-refractivity contribution in [1.29, 1.82) is 0 Å². The lowest BCUT2D eigenvalue weighted by Crippen LogP contribution is -2.58. The summed E-state index contributed by atoms with van der Waals surface area (Å²) in [6.45, 7) is 4.79. The van der Waals surface area contributed by atoms with Gasteiger partial charge in [-0.2, -0.15) is 5.06 Å². The van der Waals surface area contributed by atoms with Crippen molar-refractivity contribution in [2.75, 3.05) is 6.54 Å². The minimum atomic E-state index is -2.34. The highest BCUT2D eigenvalue weighted by Gasteiger charge is 2.43. The van der Waals surface area contributed by atoms with E-state index in [1.165, 1.54) is 0 Å². The first-order valence-electron chi connectivity index (χ1n) is 9.75. The summed E-state index contributed by atoms with van der Waals surface area (Å²) in [4.78, 5) is 43.8. The number of alkyl halides is 3. The zero-order valence-corrected chi connectivity index (χ0v) is 20.1. The normalized spacial score (nSPS) is 19.2. The number of hydrogen-bond acceptors (Lipinski definition) is 6. The highest BCUT2D eigenvalue weighted by Crippen LogP contribution is 2.30. The van der Waals surface area contributed by atoms with Crippen LogP contribution < -0.4 is 0 Å². The maximum atomic E-state index is 12.7. The van der Waals surface area contributed by atoms with E-state index < -0.39 is 39.8 Å². The maximum Gasteiger partial charge on any atom is 0.437 e. The Morgan fingerprint density at radius 2 is 1.72 bits per heavy atom. The molecule has 1 aromatic carbocycles. The number of carboxylic acids is 1. The molecule has 32 heavy (non-hydrogen) atoms. The second-order valence-corrected chi connectivity index (χ2v) is 10.3. The molecule has 1 aliphatic rings. The van der Waals surface area contributed by atoms with Crippen LogP contribution in [0.25, 0.3) is 0 Å². The molecular weight excluding hydrogens is 487 g/mol. The average Bonchev–Trinajstić information content (AvgIpc) is 2.66. The van der Waals surface area contributed by atoms with Gasteiger partial charge >= 0.3 is 22.1 Å². The molecule has 0 saturated carbocycles. The van der Waals surface area contributed by atoms with Crippen molar-refractivity contribution in [2.24, 2.45) is 0 Å². The van der Waals surface area contributed by atoms with E-state index in [0.29, 0.717) is 0 Å². The van der Waals surface area contributed by atoms with Gasteiger partial charge in [0.05, 0.1) is 6.04 Å². The van der Waals surface area contributed by atoms with Crippen LogP contribution in [-0.2, 0) is 25.7 Å². The Hall–Kier alpha value is -1.94. The van der Waals surface area contributed by atoms with Gasteiger partial charge < -0.3 is 14.6 Å². The Morgan fingerprint density at radius 1 is 1.09 bits per heavy atom. The number of piperidine rings is 1. The summed E-state index contributed by atoms with van der Waals surface area (Å²) in [5, 5.41) is 10.4. The van der Waals surface area contributed by atoms with Gasteiger partial charge in [0, 0.05) is 6.54 Å². The summed E-state index contributed by atoms with van der Waals surface area (Å²) >= 11 is 16.8. The van der Waals surface area contributed by atoms with E-state index in [1.54, 1.807) is 45.0 Å². The molecule has 1 N–H and O–H groups in total. The zero-order valence-electron chi connectivity index (χ0n) is 17.8. The standard InChI is InChI=1S/C20H25Cl3N2O7/c1-19(2,3)31-17(28)24-11-14(9-10-15(24)16(26)27)25(18(29)32-20(21,22)23)30-12-13-7-5-4-6-8-13/h4-8,14-15H,9-12H2,1-3H3,(H,26,27)/t14-,15+/m1/s1. The molecule has 1 heterocycles. The van der Waals surface area contributed by atoms with Gasteiger partial charge in [0.1, 0.15) is 18.2 Å². The second kappa shape index (κ2) is 10.8. The number of amides is 2. The van der Waals surface area contributed by atoms with Gasteiger partial charge in [-0.3, -0.25) is 9.74 Å². The van der Waals surface area contributed by atoms with E-state index in [0.717, 1.165) is 15.5 Å². The lowest BCUT2D eigenvalue weighted by atomic mass is 9.98. The first-order chi connectivity index (χ1) is 14.8. The van der Waals surface area contributed by atoms with Crippen LogP contribution in [0, 0.1) is 0 Å². The first-order valence-corrected chi connectivity index (χ1v) is 10.9. The molecule has 9 nitrogen and oxygen atoms in total. The van der Waals surface area contributed by atoms with Crippen molar-refractivity contribution < 1.29 is 33.8 Å². The highest BCUT2D eigenvalue weighted by atomic mass is 35.6. The van der Waals surface area contributed by atoms with Crippen LogP contribution in [0.3, 0.4) is 0 Å². The topological polar surface area (TPSA) is 106 Å². The summed E-state index contributed by atoms with van der Waals surface area (Å²) in [6, 6.07) is 7.09. The minimum absolute atomic E-state index is 0.0128. The Labute approximate surface area is 201 Å². The van der Waals surface area contributed by atoms with Crippen LogP contribution in [-0.4, -0.2) is 61.4 Å². The summed E-state index contributed by atoms with van der Waals surface area (Å²) in [7, 11) is 0. The van der Waals surface area contributed by atoms with Crippen molar-refractivity contribution in [1.82, 2.24) is 9.96 Å². The number of benzene rings is 1. The first kappa shape index (κ1) is 26.3. The van der Waals surface area contributed by atoms with Gasteiger partial charge in [-0.25, -0.2) is 14.4 Å². The Balaban J connectivity index is 2.24. The summed E-state index contributed by atoms with van der Waals surface area (Å²) in [5.41, 5.74) is -0.0901. The molecule has 0 aromatic heterocycles. The third kappa shape index (κ3) is 8.20. The van der Waals surface area contributed by atoms with Crippen LogP contribution >= 0.6 is 34.8 Å². The van der Waals surface area contributed by atoms with Gasteiger partial charge in [0.2, 0.25) is 0 Å². The largest absolute Gasteiger partial charge is 0.480 e. The van der Waals surface area contributed by atoms with Crippen molar-refractivity contribution in [3.63, 3.8) is 0 Å². The fraction of sp³-hybridized carbons (Fsp3) is 0.550. The van der Waals surface area contributed by atoms with E-state index in [2.05, 4.69) is 0 Å². The van der Waals surface area contributed by atoms with E-state index >= 15 is 0 Å². The summed E-state index contributed by atoms with van der Waals surface area (Å²) < 4.78 is 7.80. The quantitative estimate of drug-likeness (QED) is 0.450. The van der Waals surface area contributed by atoms with Gasteiger partial charge in [0.15, 0.2) is 0 Å². The van der Waals surface area contributed by atoms with Crippen molar-refractivity contribution in [3.05, 3.63) is 35.9 Å². The number of aliphatic carboxylic acids is 1. The third-order valence-corrected chi connectivity index (χ3v) is 4.63. The fourth-order valence-corrected chi connectivity index (χ4v) is 3.29. The lowest BCUT2D eigenvalue weighted by Gasteiger charge is -2.41. The monoisotopic (exact) mass is 510 g/mol. The minimum Gasteiger partial charge on any atom is -0.480 e. The van der Waals surface area contributed by atoms with Crippen LogP contribution in [0.5, 0.6) is 0 Å². The molecule has 178 valence electrons. The molecule has 0 radical (unpaired) electrons. The van der Waals surface area contributed by atoms with E-state index in [9.17, 15) is 19.5 Å². The van der Waals surface area contributed by atoms with E-state index in [4.69, 9.17) is 49.1 Å². The van der Waals surface area contributed by atoms with Crippen LogP contribution in [0.4, 0.5) is 9.59 Å². The molecular formula is C20H25Cl3N2O7. The van der Waals surface area contributed by atoms with Crippen molar-refractivity contribution in [2.45, 2.75) is 61.9 Å². The molecule has 0 aliphatic carbocycles. The predicted octanol–water partition coefficient (Wildman–Crippen LogP) is 4.74. The number of carboxylic acid groups (broad SMARTS) is 1. The molecule has 12 heteroatoms. The molecule has 0 spiro atoms. The lowest BCUT2D eigenvalue weighted by molar-refractivity contribution is -0.184. The van der Waals surface area contributed by atoms with Crippen LogP contribution in [0.15, 0.2) is 30.3 Å². The maximum absolute atomic E-state index is 12.7. The highest BCUT2D eigenvalue weighted by molar-refractivity contribution is 6.66. The summed E-state index contributed by atoms with van der Waals surface area (Å²) in [5.74, 6) is -1.19. The number of carbonyl (C=O) groups is 3. The van der Waals surface area contributed by atoms with Crippen LogP contribution in [0.1, 0.15) is 39.2 Å². The number of halogens is 3. The Bertz CT molecular complexity index is 812. The molecule has 1 aliphatic heterocycles. The number of ether oxygens (including phenoxy) is 2. The van der Waals surface area contributed by atoms with E-state index in [-0.39, 0.29) is 26.0 Å². The molecule has 1 fully saturated rings. The van der Waals surface area contributed by atoms with Crippen LogP contribution in [0.2, 0.25) is 0 Å². The molecule has 1 saturated heterocycles. The van der Waals surface area contributed by atoms with Crippen molar-refractivity contribution >= 4 is 53.0 Å². The van der Waals surface area contributed by atoms with Gasteiger partial charge in [-0.05, 0) is 74.0 Å².